The van der Waals surface area contributed by atoms with Gasteiger partial charge in [-0.15, -0.1) is 0 Å². The molecule has 0 atom stereocenters. The molecule has 150 valence electrons. The number of nitrogens with one attached hydrogen (secondary N) is 2. The van der Waals surface area contributed by atoms with Crippen LogP contribution in [0.4, 0.5) is 8.78 Å². The number of alkyl halides is 2. The molecule has 0 aliphatic rings. The van der Waals surface area contributed by atoms with Crippen molar-refractivity contribution in [1.82, 2.24) is 10.6 Å². The molecule has 0 saturated carbocycles. The van der Waals surface area contributed by atoms with Crippen molar-refractivity contribution < 1.29 is 27.8 Å². The SMILES string of the molecule is COc1cc(C(=O)NCC(=O)NCc2ccc(Br)cc2Cl)ccc1OC(F)F. The van der Waals surface area contributed by atoms with Crippen molar-refractivity contribution in [2.45, 2.75) is 13.2 Å². The van der Waals surface area contributed by atoms with Crippen molar-refractivity contribution in [2.24, 2.45) is 0 Å². The zero-order valence-electron chi connectivity index (χ0n) is 14.6. The molecule has 0 saturated heterocycles. The summed E-state index contributed by atoms with van der Waals surface area (Å²) >= 11 is 9.37. The van der Waals surface area contributed by atoms with Crippen LogP contribution in [0.3, 0.4) is 0 Å². The zero-order chi connectivity index (χ0) is 20.7. The Morgan fingerprint density at radius 1 is 1.14 bits per heavy atom. The smallest absolute Gasteiger partial charge is 0.387 e. The van der Waals surface area contributed by atoms with Crippen LogP contribution >= 0.6 is 27.5 Å². The maximum atomic E-state index is 12.3. The van der Waals surface area contributed by atoms with E-state index in [4.69, 9.17) is 16.3 Å². The van der Waals surface area contributed by atoms with Crippen LogP contribution < -0.4 is 20.1 Å². The van der Waals surface area contributed by atoms with Gasteiger partial charge in [0.2, 0.25) is 5.91 Å². The minimum absolute atomic E-state index is 0.0257. The zero-order valence-corrected chi connectivity index (χ0v) is 16.9. The number of methoxy groups -OCH3 is 1. The minimum atomic E-state index is -3.02. The van der Waals surface area contributed by atoms with Crippen LogP contribution in [-0.2, 0) is 11.3 Å². The first-order chi connectivity index (χ1) is 13.3. The molecule has 2 aromatic rings. The molecule has 28 heavy (non-hydrogen) atoms. The third kappa shape index (κ3) is 6.35. The second kappa shape index (κ2) is 10.2. The lowest BCUT2D eigenvalue weighted by molar-refractivity contribution is -0.120. The lowest BCUT2D eigenvalue weighted by Gasteiger charge is -2.12. The third-order valence-corrected chi connectivity index (χ3v) is 4.39. The summed E-state index contributed by atoms with van der Waals surface area (Å²) in [5.74, 6) is -1.21. The predicted octanol–water partition coefficient (Wildman–Crippen LogP) is 3.76. The monoisotopic (exact) mass is 476 g/mol. The number of hydrogen-bond donors (Lipinski definition) is 2. The number of rotatable bonds is 8. The quantitative estimate of drug-likeness (QED) is 0.607. The van der Waals surface area contributed by atoms with Crippen molar-refractivity contribution >= 4 is 39.3 Å². The van der Waals surface area contributed by atoms with E-state index in [1.165, 1.54) is 25.3 Å². The Morgan fingerprint density at radius 2 is 1.89 bits per heavy atom. The van der Waals surface area contributed by atoms with Crippen LogP contribution in [0.2, 0.25) is 5.02 Å². The van der Waals surface area contributed by atoms with E-state index in [2.05, 4.69) is 31.3 Å². The number of ether oxygens (including phenoxy) is 2. The molecule has 0 bridgehead atoms. The van der Waals surface area contributed by atoms with E-state index in [1.807, 2.05) is 0 Å². The van der Waals surface area contributed by atoms with Crippen molar-refractivity contribution in [3.8, 4) is 11.5 Å². The molecular formula is C18H16BrClF2N2O4. The van der Waals surface area contributed by atoms with Gasteiger partial charge in [-0.25, -0.2) is 0 Å². The average molecular weight is 478 g/mol. The Morgan fingerprint density at radius 3 is 2.54 bits per heavy atom. The fourth-order valence-corrected chi connectivity index (χ4v) is 2.93. The molecule has 2 N–H and O–H groups in total. The molecule has 0 aliphatic heterocycles. The summed E-state index contributed by atoms with van der Waals surface area (Å²) in [6.45, 7) is -3.09. The van der Waals surface area contributed by atoms with Gasteiger partial charge in [0.1, 0.15) is 0 Å². The topological polar surface area (TPSA) is 76.7 Å². The lowest BCUT2D eigenvalue weighted by Crippen LogP contribution is -2.36. The molecular weight excluding hydrogens is 462 g/mol. The second-order valence-corrected chi connectivity index (χ2v) is 6.76. The molecule has 0 heterocycles. The molecule has 2 rings (SSSR count). The Hall–Kier alpha value is -2.39. The number of carbonyl (C=O) groups is 2. The first kappa shape index (κ1) is 21.9. The van der Waals surface area contributed by atoms with Crippen molar-refractivity contribution in [1.29, 1.82) is 0 Å². The number of benzene rings is 2. The predicted molar refractivity (Wildman–Crippen MR) is 103 cm³/mol. The van der Waals surface area contributed by atoms with Gasteiger partial charge in [-0.1, -0.05) is 33.6 Å². The van der Waals surface area contributed by atoms with Crippen molar-refractivity contribution in [3.05, 3.63) is 57.0 Å². The number of amides is 2. The van der Waals surface area contributed by atoms with E-state index < -0.39 is 18.4 Å². The number of hydrogen-bond acceptors (Lipinski definition) is 4. The highest BCUT2D eigenvalue weighted by Gasteiger charge is 2.15. The number of halogens is 4. The van der Waals surface area contributed by atoms with Gasteiger partial charge in [-0.3, -0.25) is 9.59 Å². The summed E-state index contributed by atoms with van der Waals surface area (Å²) in [5, 5.41) is 5.57. The molecule has 0 aromatic heterocycles. The van der Waals surface area contributed by atoms with Gasteiger partial charge >= 0.3 is 6.61 Å². The molecule has 0 spiro atoms. The Labute approximate surface area is 173 Å². The maximum absolute atomic E-state index is 12.3. The van der Waals surface area contributed by atoms with Crippen LogP contribution in [0.15, 0.2) is 40.9 Å². The van der Waals surface area contributed by atoms with E-state index in [9.17, 15) is 18.4 Å². The molecule has 0 radical (unpaired) electrons. The van der Waals surface area contributed by atoms with Crippen LogP contribution in [0, 0.1) is 0 Å². The lowest BCUT2D eigenvalue weighted by atomic mass is 10.2. The van der Waals surface area contributed by atoms with E-state index in [-0.39, 0.29) is 30.2 Å². The highest BCUT2D eigenvalue weighted by Crippen LogP contribution is 2.29. The van der Waals surface area contributed by atoms with Gasteiger partial charge in [0.05, 0.1) is 13.7 Å². The average Bonchev–Trinajstić information content (AvgIpc) is 2.65. The first-order valence-electron chi connectivity index (χ1n) is 7.92. The van der Waals surface area contributed by atoms with Gasteiger partial charge in [0, 0.05) is 21.6 Å². The highest BCUT2D eigenvalue weighted by atomic mass is 79.9. The van der Waals surface area contributed by atoms with Crippen LogP contribution in [0.1, 0.15) is 15.9 Å². The normalized spacial score (nSPS) is 10.5. The standard InChI is InChI=1S/C18H16BrClF2N2O4/c1-27-15-6-10(3-5-14(15)28-18(21)22)17(26)24-9-16(25)23-8-11-2-4-12(19)7-13(11)20/h2-7,18H,8-9H2,1H3,(H,23,25)(H,24,26). The molecule has 2 amide bonds. The summed E-state index contributed by atoms with van der Waals surface area (Å²) in [4.78, 5) is 24.1. The maximum Gasteiger partial charge on any atom is 0.387 e. The summed E-state index contributed by atoms with van der Waals surface area (Å²) in [6.07, 6.45) is 0. The highest BCUT2D eigenvalue weighted by molar-refractivity contribution is 9.10. The first-order valence-corrected chi connectivity index (χ1v) is 9.09. The molecule has 2 aromatic carbocycles. The van der Waals surface area contributed by atoms with Gasteiger partial charge in [0.25, 0.3) is 5.91 Å². The molecule has 10 heteroatoms. The number of carbonyl (C=O) groups excluding carboxylic acids is 2. The molecule has 6 nitrogen and oxygen atoms in total. The minimum Gasteiger partial charge on any atom is -0.493 e. The third-order valence-electron chi connectivity index (χ3n) is 3.54. The van der Waals surface area contributed by atoms with Crippen molar-refractivity contribution in [2.75, 3.05) is 13.7 Å². The van der Waals surface area contributed by atoms with E-state index >= 15 is 0 Å². The summed E-state index contributed by atoms with van der Waals surface area (Å²) < 4.78 is 34.7. The molecule has 0 aliphatic carbocycles. The molecule has 0 fully saturated rings. The van der Waals surface area contributed by atoms with Crippen molar-refractivity contribution in [3.63, 3.8) is 0 Å². The Kier molecular flexibility index (Phi) is 8.01. The van der Waals surface area contributed by atoms with E-state index in [1.54, 1.807) is 18.2 Å². The van der Waals surface area contributed by atoms with Gasteiger partial charge in [-0.2, -0.15) is 8.78 Å². The summed E-state index contributed by atoms with van der Waals surface area (Å²) in [7, 11) is 1.26. The van der Waals surface area contributed by atoms with E-state index in [0.29, 0.717) is 5.02 Å². The molecule has 0 unspecified atom stereocenters. The fourth-order valence-electron chi connectivity index (χ4n) is 2.19. The van der Waals surface area contributed by atoms with Gasteiger partial charge in [-0.05, 0) is 35.9 Å². The van der Waals surface area contributed by atoms with Crippen LogP contribution in [-0.4, -0.2) is 32.1 Å². The van der Waals surface area contributed by atoms with Gasteiger partial charge < -0.3 is 20.1 Å². The van der Waals surface area contributed by atoms with E-state index in [0.717, 1.165) is 10.0 Å². The van der Waals surface area contributed by atoms with Crippen LogP contribution in [0.5, 0.6) is 11.5 Å². The van der Waals surface area contributed by atoms with Crippen LogP contribution in [0.25, 0.3) is 0 Å². The largest absolute Gasteiger partial charge is 0.493 e. The summed E-state index contributed by atoms with van der Waals surface area (Å²) in [6, 6.07) is 8.99. The Bertz CT molecular complexity index is 867. The fraction of sp³-hybridized carbons (Fsp3) is 0.222. The van der Waals surface area contributed by atoms with Gasteiger partial charge in [0.15, 0.2) is 11.5 Å². The second-order valence-electron chi connectivity index (χ2n) is 5.44. The summed E-state index contributed by atoms with van der Waals surface area (Å²) in [5.41, 5.74) is 0.853. The Balaban J connectivity index is 1.89.